The molecule has 7 heteroatoms. The number of anilines is 1. The van der Waals surface area contributed by atoms with Gasteiger partial charge in [-0.15, -0.1) is 0 Å². The summed E-state index contributed by atoms with van der Waals surface area (Å²) in [4.78, 5) is 32.9. The predicted molar refractivity (Wildman–Crippen MR) is 108 cm³/mol. The van der Waals surface area contributed by atoms with Gasteiger partial charge in [-0.1, -0.05) is 39.5 Å². The van der Waals surface area contributed by atoms with Gasteiger partial charge in [0.2, 0.25) is 5.91 Å². The first-order valence-electron chi connectivity index (χ1n) is 10.1. The third kappa shape index (κ3) is 5.65. The molecule has 0 aliphatic heterocycles. The van der Waals surface area contributed by atoms with Crippen molar-refractivity contribution >= 4 is 17.5 Å². The molecule has 2 heterocycles. The van der Waals surface area contributed by atoms with Gasteiger partial charge in [0.25, 0.3) is 5.91 Å². The van der Waals surface area contributed by atoms with Crippen LogP contribution in [0.5, 0.6) is 0 Å². The summed E-state index contributed by atoms with van der Waals surface area (Å²) in [5, 5.41) is 5.94. The molecule has 0 unspecified atom stereocenters. The summed E-state index contributed by atoms with van der Waals surface area (Å²) >= 11 is 0. The van der Waals surface area contributed by atoms with Crippen molar-refractivity contribution in [2.45, 2.75) is 64.8 Å². The summed E-state index contributed by atoms with van der Waals surface area (Å²) in [6.07, 6.45) is 12.3. The summed E-state index contributed by atoms with van der Waals surface area (Å²) < 4.78 is 1.71. The van der Waals surface area contributed by atoms with Crippen LogP contribution >= 0.6 is 0 Å². The Morgan fingerprint density at radius 1 is 1.14 bits per heavy atom. The number of rotatable bonds is 6. The van der Waals surface area contributed by atoms with Gasteiger partial charge in [-0.2, -0.15) is 0 Å². The van der Waals surface area contributed by atoms with Gasteiger partial charge in [0.1, 0.15) is 17.8 Å². The van der Waals surface area contributed by atoms with Crippen LogP contribution in [0.4, 0.5) is 5.69 Å². The monoisotopic (exact) mass is 383 g/mol. The van der Waals surface area contributed by atoms with Crippen LogP contribution in [0.25, 0.3) is 5.82 Å². The van der Waals surface area contributed by atoms with E-state index >= 15 is 0 Å². The van der Waals surface area contributed by atoms with Crippen molar-refractivity contribution in [2.75, 3.05) is 5.32 Å². The van der Waals surface area contributed by atoms with Gasteiger partial charge in [-0.25, -0.2) is 9.97 Å². The van der Waals surface area contributed by atoms with E-state index in [1.807, 2.05) is 13.8 Å². The van der Waals surface area contributed by atoms with Gasteiger partial charge in [0, 0.05) is 18.7 Å². The minimum atomic E-state index is -0.136. The molecule has 2 N–H and O–H groups in total. The molecule has 2 aromatic heterocycles. The first-order valence-corrected chi connectivity index (χ1v) is 10.1. The lowest BCUT2D eigenvalue weighted by Crippen LogP contribution is -2.34. The second kappa shape index (κ2) is 9.48. The number of nitrogens with zero attached hydrogens (tertiary/aromatic N) is 3. The maximum atomic E-state index is 12.5. The molecular formula is C21H29N5O2. The molecule has 0 saturated heterocycles. The fraction of sp³-hybridized carbons (Fsp3) is 0.524. The number of hydrogen-bond acceptors (Lipinski definition) is 4. The molecule has 0 radical (unpaired) electrons. The number of carbonyl (C=O) groups excluding carboxylic acids is 2. The number of pyridine rings is 1. The van der Waals surface area contributed by atoms with Gasteiger partial charge in [0.05, 0.1) is 11.9 Å². The van der Waals surface area contributed by atoms with Crippen molar-refractivity contribution in [3.63, 3.8) is 0 Å². The van der Waals surface area contributed by atoms with Crippen LogP contribution in [0.2, 0.25) is 0 Å². The summed E-state index contributed by atoms with van der Waals surface area (Å²) in [6.45, 7) is 4.01. The number of aromatic nitrogens is 3. The van der Waals surface area contributed by atoms with Crippen molar-refractivity contribution in [1.82, 2.24) is 19.9 Å². The minimum Gasteiger partial charge on any atom is -0.348 e. The number of hydrogen-bond donors (Lipinski definition) is 2. The molecule has 0 aromatic carbocycles. The Morgan fingerprint density at radius 3 is 2.54 bits per heavy atom. The highest BCUT2D eigenvalue weighted by molar-refractivity contribution is 5.92. The number of amides is 2. The Labute approximate surface area is 166 Å². The first kappa shape index (κ1) is 20.0. The molecule has 1 aliphatic rings. The molecule has 150 valence electrons. The Bertz CT molecular complexity index is 789. The summed E-state index contributed by atoms with van der Waals surface area (Å²) in [5.74, 6) is 0.788. The van der Waals surface area contributed by atoms with E-state index in [9.17, 15) is 9.59 Å². The highest BCUT2D eigenvalue weighted by Crippen LogP contribution is 2.18. The molecule has 0 bridgehead atoms. The number of imidazole rings is 1. The quantitative estimate of drug-likeness (QED) is 0.744. The zero-order chi connectivity index (χ0) is 19.9. The molecule has 1 saturated carbocycles. The van der Waals surface area contributed by atoms with Crippen molar-refractivity contribution in [3.8, 4) is 5.82 Å². The zero-order valence-electron chi connectivity index (χ0n) is 16.6. The van der Waals surface area contributed by atoms with Crippen LogP contribution < -0.4 is 10.6 Å². The van der Waals surface area contributed by atoms with E-state index in [0.717, 1.165) is 12.8 Å². The molecule has 1 aliphatic carbocycles. The Morgan fingerprint density at radius 2 is 1.89 bits per heavy atom. The normalized spacial score (nSPS) is 15.2. The Hall–Kier alpha value is -2.70. The molecular weight excluding hydrogens is 354 g/mol. The van der Waals surface area contributed by atoms with Crippen LogP contribution in [-0.2, 0) is 4.79 Å². The Kier molecular flexibility index (Phi) is 6.79. The number of nitrogens with one attached hydrogen (secondary N) is 2. The third-order valence-electron chi connectivity index (χ3n) is 4.90. The fourth-order valence-electron chi connectivity index (χ4n) is 3.44. The van der Waals surface area contributed by atoms with Gasteiger partial charge in [-0.05, 0) is 30.9 Å². The van der Waals surface area contributed by atoms with Gasteiger partial charge < -0.3 is 10.6 Å². The lowest BCUT2D eigenvalue weighted by Gasteiger charge is -2.15. The van der Waals surface area contributed by atoms with Crippen LogP contribution in [0.3, 0.4) is 0 Å². The van der Waals surface area contributed by atoms with Gasteiger partial charge in [0.15, 0.2) is 0 Å². The summed E-state index contributed by atoms with van der Waals surface area (Å²) in [6, 6.07) is 3.83. The van der Waals surface area contributed by atoms with Crippen LogP contribution in [0, 0.1) is 5.92 Å². The molecule has 7 nitrogen and oxygen atoms in total. The largest absolute Gasteiger partial charge is 0.348 e. The van der Waals surface area contributed by atoms with Crippen molar-refractivity contribution in [3.05, 3.63) is 36.5 Å². The lowest BCUT2D eigenvalue weighted by atomic mass is 10.1. The lowest BCUT2D eigenvalue weighted by molar-refractivity contribution is -0.116. The summed E-state index contributed by atoms with van der Waals surface area (Å²) in [5.41, 5.74) is 1.04. The van der Waals surface area contributed by atoms with E-state index in [0.29, 0.717) is 29.5 Å². The Balaban J connectivity index is 1.59. The maximum Gasteiger partial charge on any atom is 0.271 e. The number of carbonyl (C=O) groups is 2. The van der Waals surface area contributed by atoms with Crippen molar-refractivity contribution < 1.29 is 9.59 Å². The second-order valence-corrected chi connectivity index (χ2v) is 7.88. The van der Waals surface area contributed by atoms with Crippen LogP contribution in [0.15, 0.2) is 30.9 Å². The smallest absolute Gasteiger partial charge is 0.271 e. The average molecular weight is 383 g/mol. The molecule has 2 aromatic rings. The van der Waals surface area contributed by atoms with Crippen molar-refractivity contribution in [1.29, 1.82) is 0 Å². The van der Waals surface area contributed by atoms with Gasteiger partial charge >= 0.3 is 0 Å². The minimum absolute atomic E-state index is 0.0235. The first-order chi connectivity index (χ1) is 13.5. The van der Waals surface area contributed by atoms with Crippen molar-refractivity contribution in [2.24, 2.45) is 5.92 Å². The molecule has 3 rings (SSSR count). The molecule has 0 spiro atoms. The van der Waals surface area contributed by atoms with E-state index < -0.39 is 0 Å². The molecule has 0 atom stereocenters. The van der Waals surface area contributed by atoms with Crippen LogP contribution in [-0.4, -0.2) is 32.4 Å². The van der Waals surface area contributed by atoms with E-state index in [1.54, 1.807) is 35.4 Å². The van der Waals surface area contributed by atoms with E-state index in [1.165, 1.54) is 25.7 Å². The van der Waals surface area contributed by atoms with Crippen LogP contribution in [0.1, 0.15) is 69.3 Å². The van der Waals surface area contributed by atoms with E-state index in [2.05, 4.69) is 20.6 Å². The molecule has 1 fully saturated rings. The van der Waals surface area contributed by atoms with Gasteiger partial charge in [-0.3, -0.25) is 14.2 Å². The second-order valence-electron chi connectivity index (χ2n) is 7.88. The predicted octanol–water partition coefficient (Wildman–Crippen LogP) is 3.70. The third-order valence-corrected chi connectivity index (χ3v) is 4.90. The summed E-state index contributed by atoms with van der Waals surface area (Å²) in [7, 11) is 0. The highest BCUT2D eigenvalue weighted by atomic mass is 16.2. The fourth-order valence-corrected chi connectivity index (χ4v) is 3.44. The molecule has 28 heavy (non-hydrogen) atoms. The van der Waals surface area contributed by atoms with E-state index in [4.69, 9.17) is 0 Å². The average Bonchev–Trinajstić information content (AvgIpc) is 3.01. The standard InChI is InChI=1S/C21H29N5O2/c1-15(2)11-20(27)24-17-9-10-19(22-12-17)26-13-18(23-14-26)21(28)25-16-7-5-3-4-6-8-16/h9-10,12-16H,3-8,11H2,1-2H3,(H,24,27)(H,25,28). The zero-order valence-corrected chi connectivity index (χ0v) is 16.6. The molecule has 2 amide bonds. The highest BCUT2D eigenvalue weighted by Gasteiger charge is 2.17. The SMILES string of the molecule is CC(C)CC(=O)Nc1ccc(-n2cnc(C(=O)NC3CCCCCC3)c2)nc1. The topological polar surface area (TPSA) is 88.9 Å². The maximum absolute atomic E-state index is 12.5. The van der Waals surface area contributed by atoms with E-state index in [-0.39, 0.29) is 17.9 Å².